The molecule has 1 rings (SSSR count). The monoisotopic (exact) mass is 287 g/mol. The van der Waals surface area contributed by atoms with Crippen molar-refractivity contribution in [1.29, 1.82) is 0 Å². The minimum atomic E-state index is 0.148. The first kappa shape index (κ1) is 13.5. The number of aliphatic hydroxyl groups is 1. The van der Waals surface area contributed by atoms with Crippen molar-refractivity contribution >= 4 is 15.9 Å². The number of nitrogens with zero attached hydrogens (tertiary/aromatic N) is 1. The van der Waals surface area contributed by atoms with E-state index in [2.05, 4.69) is 27.8 Å². The molecule has 1 aromatic carbocycles. The summed E-state index contributed by atoms with van der Waals surface area (Å²) in [4.78, 5) is 2.13. The predicted molar refractivity (Wildman–Crippen MR) is 68.5 cm³/mol. The van der Waals surface area contributed by atoms with Gasteiger partial charge in [0.1, 0.15) is 5.75 Å². The van der Waals surface area contributed by atoms with E-state index in [0.29, 0.717) is 18.8 Å². The molecule has 4 heteroatoms. The molecule has 0 radical (unpaired) electrons. The van der Waals surface area contributed by atoms with Gasteiger partial charge in [-0.3, -0.25) is 4.90 Å². The molecule has 0 unspecified atom stereocenters. The predicted octanol–water partition coefficient (Wildman–Crippen LogP) is 2.36. The second-order valence-corrected chi connectivity index (χ2v) is 4.69. The van der Waals surface area contributed by atoms with E-state index in [1.54, 1.807) is 6.07 Å². The fraction of sp³-hybridized carbons (Fsp3) is 0.500. The molecule has 0 aliphatic carbocycles. The zero-order valence-corrected chi connectivity index (χ0v) is 11.1. The van der Waals surface area contributed by atoms with E-state index in [1.165, 1.54) is 0 Å². The van der Waals surface area contributed by atoms with Crippen LogP contribution in [-0.4, -0.2) is 34.8 Å². The Bertz CT molecular complexity index is 325. The van der Waals surface area contributed by atoms with Gasteiger partial charge >= 0.3 is 0 Å². The van der Waals surface area contributed by atoms with E-state index < -0.39 is 0 Å². The molecule has 0 aliphatic rings. The Morgan fingerprint density at radius 3 is 2.69 bits per heavy atom. The maximum absolute atomic E-state index is 9.71. The highest BCUT2D eigenvalue weighted by Gasteiger charge is 2.08. The molecular weight excluding hydrogens is 270 g/mol. The smallest absolute Gasteiger partial charge is 0.120 e. The quantitative estimate of drug-likeness (QED) is 0.844. The third kappa shape index (κ3) is 4.12. The van der Waals surface area contributed by atoms with Gasteiger partial charge in [-0.05, 0) is 31.2 Å². The Hall–Kier alpha value is -0.580. The summed E-state index contributed by atoms with van der Waals surface area (Å²) >= 11 is 3.39. The van der Waals surface area contributed by atoms with Gasteiger partial charge in [-0.25, -0.2) is 0 Å². The van der Waals surface area contributed by atoms with Gasteiger partial charge in [0.15, 0.2) is 0 Å². The molecule has 3 nitrogen and oxygen atoms in total. The first-order valence-electron chi connectivity index (χ1n) is 5.48. The molecule has 0 saturated carbocycles. The number of phenols is 1. The van der Waals surface area contributed by atoms with Crippen molar-refractivity contribution < 1.29 is 10.2 Å². The van der Waals surface area contributed by atoms with Crippen LogP contribution in [0.25, 0.3) is 0 Å². The van der Waals surface area contributed by atoms with Crippen molar-refractivity contribution in [3.8, 4) is 5.75 Å². The van der Waals surface area contributed by atoms with E-state index in [9.17, 15) is 5.11 Å². The number of halogens is 1. The van der Waals surface area contributed by atoms with Gasteiger partial charge in [0.05, 0.1) is 6.61 Å². The highest BCUT2D eigenvalue weighted by Crippen LogP contribution is 2.23. The van der Waals surface area contributed by atoms with E-state index in [1.807, 2.05) is 12.1 Å². The minimum Gasteiger partial charge on any atom is -0.508 e. The van der Waals surface area contributed by atoms with Crippen molar-refractivity contribution in [2.75, 3.05) is 19.7 Å². The van der Waals surface area contributed by atoms with Crippen molar-refractivity contribution in [2.45, 2.75) is 19.9 Å². The molecule has 0 saturated heterocycles. The summed E-state index contributed by atoms with van der Waals surface area (Å²) in [7, 11) is 0. The average molecular weight is 288 g/mol. The fourth-order valence-electron chi connectivity index (χ4n) is 1.65. The van der Waals surface area contributed by atoms with Gasteiger partial charge in [0, 0.05) is 23.1 Å². The molecule has 0 atom stereocenters. The van der Waals surface area contributed by atoms with Crippen LogP contribution in [0.4, 0.5) is 0 Å². The Kier molecular flexibility index (Phi) is 5.80. The standard InChI is InChI=1S/C12H18BrNO2/c1-2-5-14(6-7-15)9-10-8-11(13)3-4-12(10)16/h3-4,8,15-16H,2,5-7,9H2,1H3. The molecule has 0 bridgehead atoms. The molecule has 2 N–H and O–H groups in total. The SMILES string of the molecule is CCCN(CCO)Cc1cc(Br)ccc1O. The van der Waals surface area contributed by atoms with Crippen molar-refractivity contribution in [3.05, 3.63) is 28.2 Å². The maximum atomic E-state index is 9.71. The summed E-state index contributed by atoms with van der Waals surface area (Å²) in [6, 6.07) is 5.41. The second-order valence-electron chi connectivity index (χ2n) is 3.77. The Morgan fingerprint density at radius 2 is 2.06 bits per heavy atom. The van der Waals surface area contributed by atoms with Gasteiger partial charge in [-0.1, -0.05) is 22.9 Å². The van der Waals surface area contributed by atoms with Gasteiger partial charge in [0.2, 0.25) is 0 Å². The lowest BCUT2D eigenvalue weighted by Crippen LogP contribution is -2.27. The van der Waals surface area contributed by atoms with Crippen molar-refractivity contribution in [2.24, 2.45) is 0 Å². The van der Waals surface area contributed by atoms with Gasteiger partial charge < -0.3 is 10.2 Å². The summed E-state index contributed by atoms with van der Waals surface area (Å²) < 4.78 is 0.959. The summed E-state index contributed by atoms with van der Waals surface area (Å²) in [6.07, 6.45) is 1.04. The fourth-order valence-corrected chi connectivity index (χ4v) is 2.06. The first-order chi connectivity index (χ1) is 7.67. The number of aliphatic hydroxyl groups excluding tert-OH is 1. The number of benzene rings is 1. The molecule has 0 heterocycles. The highest BCUT2D eigenvalue weighted by molar-refractivity contribution is 9.10. The highest BCUT2D eigenvalue weighted by atomic mass is 79.9. The topological polar surface area (TPSA) is 43.7 Å². The van der Waals surface area contributed by atoms with Crippen LogP contribution in [0.15, 0.2) is 22.7 Å². The van der Waals surface area contributed by atoms with E-state index in [-0.39, 0.29) is 6.61 Å². The Labute approximate surface area is 105 Å². The Balaban J connectivity index is 2.71. The van der Waals surface area contributed by atoms with Crippen LogP contribution in [0.3, 0.4) is 0 Å². The molecule has 90 valence electrons. The molecule has 1 aromatic rings. The molecule has 0 aromatic heterocycles. The number of rotatable bonds is 6. The zero-order chi connectivity index (χ0) is 12.0. The summed E-state index contributed by atoms with van der Waals surface area (Å²) in [6.45, 7) is 4.48. The van der Waals surface area contributed by atoms with Crippen molar-refractivity contribution in [1.82, 2.24) is 4.90 Å². The molecular formula is C12H18BrNO2. The molecule has 0 spiro atoms. The number of phenolic OH excluding ortho intramolecular Hbond substituents is 1. The summed E-state index contributed by atoms with van der Waals surface area (Å²) in [5.41, 5.74) is 0.885. The largest absolute Gasteiger partial charge is 0.508 e. The third-order valence-corrected chi connectivity index (χ3v) is 2.88. The normalized spacial score (nSPS) is 11.0. The Morgan fingerprint density at radius 1 is 1.31 bits per heavy atom. The number of aromatic hydroxyl groups is 1. The molecule has 0 fully saturated rings. The third-order valence-electron chi connectivity index (χ3n) is 2.39. The second kappa shape index (κ2) is 6.89. The lowest BCUT2D eigenvalue weighted by Gasteiger charge is -2.21. The maximum Gasteiger partial charge on any atom is 0.120 e. The van der Waals surface area contributed by atoms with Gasteiger partial charge in [-0.2, -0.15) is 0 Å². The molecule has 0 amide bonds. The van der Waals surface area contributed by atoms with Crippen LogP contribution in [0.5, 0.6) is 5.75 Å². The lowest BCUT2D eigenvalue weighted by atomic mass is 10.2. The lowest BCUT2D eigenvalue weighted by molar-refractivity contribution is 0.189. The van der Waals surface area contributed by atoms with Crippen LogP contribution in [0, 0.1) is 0 Å². The number of hydrogen-bond donors (Lipinski definition) is 2. The van der Waals surface area contributed by atoms with Crippen LogP contribution in [0.1, 0.15) is 18.9 Å². The summed E-state index contributed by atoms with van der Waals surface area (Å²) in [5, 5.41) is 18.7. The molecule has 0 aliphatic heterocycles. The number of hydrogen-bond acceptors (Lipinski definition) is 3. The zero-order valence-electron chi connectivity index (χ0n) is 9.49. The van der Waals surface area contributed by atoms with E-state index in [0.717, 1.165) is 23.0 Å². The molecule has 16 heavy (non-hydrogen) atoms. The van der Waals surface area contributed by atoms with E-state index in [4.69, 9.17) is 5.11 Å². The van der Waals surface area contributed by atoms with Crippen LogP contribution in [0.2, 0.25) is 0 Å². The van der Waals surface area contributed by atoms with Crippen molar-refractivity contribution in [3.63, 3.8) is 0 Å². The minimum absolute atomic E-state index is 0.148. The first-order valence-corrected chi connectivity index (χ1v) is 6.27. The van der Waals surface area contributed by atoms with Crippen LogP contribution >= 0.6 is 15.9 Å². The average Bonchev–Trinajstić information content (AvgIpc) is 2.24. The van der Waals surface area contributed by atoms with Gasteiger partial charge in [-0.15, -0.1) is 0 Å². The summed E-state index contributed by atoms with van der Waals surface area (Å²) in [5.74, 6) is 0.308. The van der Waals surface area contributed by atoms with E-state index >= 15 is 0 Å². The van der Waals surface area contributed by atoms with Gasteiger partial charge in [0.25, 0.3) is 0 Å². The van der Waals surface area contributed by atoms with Crippen LogP contribution in [-0.2, 0) is 6.54 Å². The van der Waals surface area contributed by atoms with Crippen LogP contribution < -0.4 is 0 Å².